The van der Waals surface area contributed by atoms with Gasteiger partial charge in [-0.1, -0.05) is 30.3 Å². The highest BCUT2D eigenvalue weighted by Gasteiger charge is 2.33. The molecule has 0 saturated heterocycles. The number of carbonyl (C=O) groups excluding carboxylic acids is 1. The van der Waals surface area contributed by atoms with Crippen molar-refractivity contribution in [2.75, 3.05) is 0 Å². The summed E-state index contributed by atoms with van der Waals surface area (Å²) in [4.78, 5) is 25.1. The standard InChI is InChI=1S/C12H10N2O3/c15-12(9-5-2-1-3-6-9)11(14(16)17)10-7-4-8-13-10/h1-8,11,13H. The number of Topliss-reactive ketones (excluding diaryl/α,β-unsaturated/α-hetero) is 1. The first-order chi connectivity index (χ1) is 8.20. The Morgan fingerprint density at radius 2 is 1.88 bits per heavy atom. The molecule has 0 fully saturated rings. The van der Waals surface area contributed by atoms with Gasteiger partial charge < -0.3 is 4.98 Å². The van der Waals surface area contributed by atoms with E-state index in [9.17, 15) is 14.9 Å². The first-order valence-electron chi connectivity index (χ1n) is 5.06. The van der Waals surface area contributed by atoms with Gasteiger partial charge in [0.25, 0.3) is 0 Å². The van der Waals surface area contributed by atoms with Crippen LogP contribution in [0, 0.1) is 10.1 Å². The Kier molecular flexibility index (Phi) is 3.00. The molecule has 1 aromatic heterocycles. The normalized spacial score (nSPS) is 12.0. The molecule has 0 aliphatic heterocycles. The van der Waals surface area contributed by atoms with Crippen molar-refractivity contribution >= 4 is 5.78 Å². The van der Waals surface area contributed by atoms with Crippen LogP contribution in [-0.2, 0) is 0 Å². The molecule has 0 aliphatic carbocycles. The van der Waals surface area contributed by atoms with Crippen LogP contribution in [0.1, 0.15) is 22.1 Å². The second-order valence-corrected chi connectivity index (χ2v) is 3.54. The molecule has 1 aromatic carbocycles. The van der Waals surface area contributed by atoms with E-state index in [0.717, 1.165) is 0 Å². The predicted octanol–water partition coefficient (Wildman–Crippen LogP) is 2.22. The van der Waals surface area contributed by atoms with E-state index < -0.39 is 16.7 Å². The van der Waals surface area contributed by atoms with Crippen LogP contribution in [0.5, 0.6) is 0 Å². The highest BCUT2D eigenvalue weighted by Crippen LogP contribution is 2.19. The Balaban J connectivity index is 2.36. The third-order valence-electron chi connectivity index (χ3n) is 2.43. The number of ketones is 1. The fraction of sp³-hybridized carbons (Fsp3) is 0.0833. The molecule has 1 N–H and O–H groups in total. The zero-order valence-corrected chi connectivity index (χ0v) is 8.87. The van der Waals surface area contributed by atoms with E-state index in [0.29, 0.717) is 11.3 Å². The van der Waals surface area contributed by atoms with Crippen LogP contribution < -0.4 is 0 Å². The summed E-state index contributed by atoms with van der Waals surface area (Å²) >= 11 is 0. The molecule has 0 saturated carbocycles. The van der Waals surface area contributed by atoms with Crippen LogP contribution in [0.2, 0.25) is 0 Å². The molecule has 2 aromatic rings. The van der Waals surface area contributed by atoms with Crippen LogP contribution >= 0.6 is 0 Å². The van der Waals surface area contributed by atoms with Gasteiger partial charge in [0.1, 0.15) is 0 Å². The topological polar surface area (TPSA) is 76.0 Å². The summed E-state index contributed by atoms with van der Waals surface area (Å²) in [5.41, 5.74) is 0.632. The van der Waals surface area contributed by atoms with Crippen molar-refractivity contribution in [1.82, 2.24) is 4.98 Å². The molecule has 1 heterocycles. The van der Waals surface area contributed by atoms with Gasteiger partial charge in [0, 0.05) is 16.7 Å². The van der Waals surface area contributed by atoms with Gasteiger partial charge in [-0.25, -0.2) is 0 Å². The summed E-state index contributed by atoms with van der Waals surface area (Å²) in [5.74, 6) is -0.516. The molecule has 0 radical (unpaired) electrons. The molecular weight excluding hydrogens is 220 g/mol. The number of nitro groups is 1. The number of H-pyrrole nitrogens is 1. The lowest BCUT2D eigenvalue weighted by Gasteiger charge is -2.06. The van der Waals surface area contributed by atoms with Gasteiger partial charge >= 0.3 is 6.04 Å². The van der Waals surface area contributed by atoms with Crippen LogP contribution in [0.25, 0.3) is 0 Å². The van der Waals surface area contributed by atoms with Crippen molar-refractivity contribution in [3.8, 4) is 0 Å². The molecule has 0 bridgehead atoms. The number of aromatic nitrogens is 1. The fourth-order valence-electron chi connectivity index (χ4n) is 1.63. The highest BCUT2D eigenvalue weighted by atomic mass is 16.6. The number of hydrogen-bond acceptors (Lipinski definition) is 3. The second kappa shape index (κ2) is 4.61. The van der Waals surface area contributed by atoms with E-state index in [1.54, 1.807) is 42.6 Å². The highest BCUT2D eigenvalue weighted by molar-refractivity contribution is 5.99. The van der Waals surface area contributed by atoms with Crippen molar-refractivity contribution in [2.45, 2.75) is 6.04 Å². The zero-order chi connectivity index (χ0) is 12.3. The Labute approximate surface area is 97.2 Å². The van der Waals surface area contributed by atoms with Crippen LogP contribution in [-0.4, -0.2) is 15.7 Å². The SMILES string of the molecule is O=C(c1ccccc1)C(c1ccc[nH]1)[N+](=O)[O-]. The maximum Gasteiger partial charge on any atom is 0.314 e. The summed E-state index contributed by atoms with van der Waals surface area (Å²) in [5, 5.41) is 11.0. The minimum absolute atomic E-state index is 0.295. The van der Waals surface area contributed by atoms with E-state index in [1.165, 1.54) is 6.07 Å². The number of hydrogen-bond donors (Lipinski definition) is 1. The maximum atomic E-state index is 12.0. The lowest BCUT2D eigenvalue weighted by atomic mass is 10.0. The Morgan fingerprint density at radius 1 is 1.18 bits per heavy atom. The molecule has 0 amide bonds. The van der Waals surface area contributed by atoms with Gasteiger partial charge in [0.2, 0.25) is 5.78 Å². The number of carbonyl (C=O) groups is 1. The summed E-state index contributed by atoms with van der Waals surface area (Å²) in [6, 6.07) is 10.1. The number of nitrogens with one attached hydrogen (secondary N) is 1. The zero-order valence-electron chi connectivity index (χ0n) is 8.87. The average Bonchev–Trinajstić information content (AvgIpc) is 2.83. The van der Waals surface area contributed by atoms with Gasteiger partial charge in [-0.3, -0.25) is 14.9 Å². The summed E-state index contributed by atoms with van der Waals surface area (Å²) in [7, 11) is 0. The largest absolute Gasteiger partial charge is 0.359 e. The van der Waals surface area contributed by atoms with Crippen molar-refractivity contribution < 1.29 is 9.72 Å². The first-order valence-corrected chi connectivity index (χ1v) is 5.06. The van der Waals surface area contributed by atoms with Gasteiger partial charge in [0.05, 0.1) is 5.69 Å². The van der Waals surface area contributed by atoms with Crippen LogP contribution in [0.4, 0.5) is 0 Å². The monoisotopic (exact) mass is 230 g/mol. The molecule has 0 aliphatic rings. The second-order valence-electron chi connectivity index (χ2n) is 3.54. The van der Waals surface area contributed by atoms with E-state index in [-0.39, 0.29) is 0 Å². The lowest BCUT2D eigenvalue weighted by Crippen LogP contribution is -2.21. The number of nitrogens with zero attached hydrogens (tertiary/aromatic N) is 1. The average molecular weight is 230 g/mol. The molecule has 2 rings (SSSR count). The molecule has 0 spiro atoms. The van der Waals surface area contributed by atoms with E-state index in [1.807, 2.05) is 0 Å². The summed E-state index contributed by atoms with van der Waals surface area (Å²) in [6.07, 6.45) is 1.56. The lowest BCUT2D eigenvalue weighted by molar-refractivity contribution is -0.511. The van der Waals surface area contributed by atoms with Crippen LogP contribution in [0.15, 0.2) is 48.7 Å². The molecule has 86 valence electrons. The van der Waals surface area contributed by atoms with Crippen LogP contribution in [0.3, 0.4) is 0 Å². The first kappa shape index (κ1) is 11.1. The van der Waals surface area contributed by atoms with E-state index in [2.05, 4.69) is 4.98 Å². The smallest absolute Gasteiger partial charge is 0.314 e. The van der Waals surface area contributed by atoms with Gasteiger partial charge in [-0.15, -0.1) is 0 Å². The third-order valence-corrected chi connectivity index (χ3v) is 2.43. The van der Waals surface area contributed by atoms with Gasteiger partial charge in [-0.2, -0.15) is 0 Å². The van der Waals surface area contributed by atoms with Gasteiger partial charge in [0.15, 0.2) is 0 Å². The maximum absolute atomic E-state index is 12.0. The predicted molar refractivity (Wildman–Crippen MR) is 61.3 cm³/mol. The minimum atomic E-state index is -1.37. The quantitative estimate of drug-likeness (QED) is 0.497. The van der Waals surface area contributed by atoms with Crippen molar-refractivity contribution in [3.05, 3.63) is 70.0 Å². The molecule has 1 atom stereocenters. The molecule has 1 unspecified atom stereocenters. The van der Waals surface area contributed by atoms with Gasteiger partial charge in [-0.05, 0) is 12.1 Å². The molecule has 17 heavy (non-hydrogen) atoms. The minimum Gasteiger partial charge on any atom is -0.359 e. The Bertz CT molecular complexity index is 520. The number of aromatic amines is 1. The Morgan fingerprint density at radius 3 is 2.41 bits per heavy atom. The molecule has 5 heteroatoms. The van der Waals surface area contributed by atoms with Crippen molar-refractivity contribution in [3.63, 3.8) is 0 Å². The number of benzene rings is 1. The molecule has 5 nitrogen and oxygen atoms in total. The third kappa shape index (κ3) is 2.23. The van der Waals surface area contributed by atoms with Crippen molar-refractivity contribution in [2.24, 2.45) is 0 Å². The summed E-state index contributed by atoms with van der Waals surface area (Å²) in [6.45, 7) is 0. The Hall–Kier alpha value is -2.43. The molecular formula is C12H10N2O3. The van der Waals surface area contributed by atoms with E-state index >= 15 is 0 Å². The van der Waals surface area contributed by atoms with Crippen molar-refractivity contribution in [1.29, 1.82) is 0 Å². The fourth-order valence-corrected chi connectivity index (χ4v) is 1.63. The van der Waals surface area contributed by atoms with E-state index in [4.69, 9.17) is 0 Å². The number of rotatable bonds is 4. The summed E-state index contributed by atoms with van der Waals surface area (Å²) < 4.78 is 0.